The summed E-state index contributed by atoms with van der Waals surface area (Å²) in [6, 6.07) is 5.56. The highest BCUT2D eigenvalue weighted by molar-refractivity contribution is 5.47. The zero-order chi connectivity index (χ0) is 14.8. The van der Waals surface area contributed by atoms with Crippen LogP contribution in [0.3, 0.4) is 0 Å². The molecule has 0 aliphatic carbocycles. The number of quaternary nitrogens is 1. The number of alkyl halides is 4. The second kappa shape index (κ2) is 5.55. The van der Waals surface area contributed by atoms with E-state index in [-0.39, 0.29) is 12.4 Å². The number of benzene rings is 1. The molecule has 112 valence electrons. The standard InChI is InChI=1S/C12H14F4N2O2/c13-11(14)12(15,16)7-20-10-3-1-9(2-4-10)18(19)6-5-17-8-18/h1-4,11,17H,5-8H2. The molecular formula is C12H14F4N2O2. The van der Waals surface area contributed by atoms with Crippen LogP contribution in [-0.2, 0) is 0 Å². The molecule has 1 fully saturated rings. The molecule has 1 saturated heterocycles. The highest BCUT2D eigenvalue weighted by Gasteiger charge is 2.41. The fraction of sp³-hybridized carbons (Fsp3) is 0.500. The summed E-state index contributed by atoms with van der Waals surface area (Å²) in [6.45, 7) is -0.182. The van der Waals surface area contributed by atoms with Crippen LogP contribution in [0, 0.1) is 5.21 Å². The van der Waals surface area contributed by atoms with Gasteiger partial charge in [-0.2, -0.15) is 8.78 Å². The number of halogens is 4. The second-order valence-electron chi connectivity index (χ2n) is 4.62. The van der Waals surface area contributed by atoms with Crippen molar-refractivity contribution in [2.24, 2.45) is 0 Å². The van der Waals surface area contributed by atoms with Gasteiger partial charge in [0.2, 0.25) is 0 Å². The van der Waals surface area contributed by atoms with Crippen LogP contribution in [-0.4, -0.2) is 38.7 Å². The number of hydrogen-bond donors (Lipinski definition) is 1. The SMILES string of the molecule is [O-][N+]1(c2ccc(OCC(F)(F)C(F)F)cc2)CCNC1. The van der Waals surface area contributed by atoms with Crippen LogP contribution in [0.1, 0.15) is 0 Å². The summed E-state index contributed by atoms with van der Waals surface area (Å²) in [4.78, 5) is 0. The average Bonchev–Trinajstić information content (AvgIpc) is 2.85. The van der Waals surface area contributed by atoms with Crippen molar-refractivity contribution in [2.45, 2.75) is 12.3 Å². The molecule has 2 rings (SSSR count). The highest BCUT2D eigenvalue weighted by atomic mass is 19.3. The summed E-state index contributed by atoms with van der Waals surface area (Å²) in [5, 5.41) is 15.2. The first-order valence-electron chi connectivity index (χ1n) is 6.02. The third kappa shape index (κ3) is 3.20. The Hall–Kier alpha value is -1.38. The second-order valence-corrected chi connectivity index (χ2v) is 4.62. The lowest BCUT2D eigenvalue weighted by Crippen LogP contribution is -2.41. The van der Waals surface area contributed by atoms with E-state index in [9.17, 15) is 22.8 Å². The zero-order valence-electron chi connectivity index (χ0n) is 10.5. The molecule has 0 amide bonds. The molecule has 1 aliphatic heterocycles. The van der Waals surface area contributed by atoms with Crippen LogP contribution < -0.4 is 14.7 Å². The van der Waals surface area contributed by atoms with Crippen molar-refractivity contribution in [3.63, 3.8) is 0 Å². The predicted octanol–water partition coefficient (Wildman–Crippen LogP) is 2.33. The normalized spacial score (nSPS) is 23.3. The molecule has 1 heterocycles. The molecule has 1 aliphatic rings. The molecule has 1 aromatic rings. The number of hydrogen-bond acceptors (Lipinski definition) is 3. The quantitative estimate of drug-likeness (QED) is 0.515. The van der Waals surface area contributed by atoms with E-state index in [2.05, 4.69) is 10.1 Å². The van der Waals surface area contributed by atoms with Crippen molar-refractivity contribution in [3.8, 4) is 5.75 Å². The monoisotopic (exact) mass is 294 g/mol. The van der Waals surface area contributed by atoms with E-state index < -0.39 is 23.6 Å². The van der Waals surface area contributed by atoms with Gasteiger partial charge in [-0.25, -0.2) is 8.78 Å². The maximum Gasteiger partial charge on any atom is 0.340 e. The lowest BCUT2D eigenvalue weighted by molar-refractivity contribution is -0.148. The third-order valence-electron chi connectivity index (χ3n) is 3.07. The Kier molecular flexibility index (Phi) is 4.17. The maximum absolute atomic E-state index is 12.7. The van der Waals surface area contributed by atoms with Gasteiger partial charge in [-0.15, -0.1) is 0 Å². The Morgan fingerprint density at radius 2 is 1.95 bits per heavy atom. The topological polar surface area (TPSA) is 44.3 Å². The molecule has 20 heavy (non-hydrogen) atoms. The van der Waals surface area contributed by atoms with Gasteiger partial charge in [-0.05, 0) is 12.1 Å². The van der Waals surface area contributed by atoms with Crippen molar-refractivity contribution < 1.29 is 22.3 Å². The van der Waals surface area contributed by atoms with E-state index in [0.29, 0.717) is 18.8 Å². The molecule has 4 nitrogen and oxygen atoms in total. The first-order chi connectivity index (χ1) is 9.33. The minimum Gasteiger partial charge on any atom is -0.626 e. The lowest BCUT2D eigenvalue weighted by atomic mass is 10.2. The molecule has 0 saturated carbocycles. The molecule has 0 aromatic heterocycles. The van der Waals surface area contributed by atoms with Crippen molar-refractivity contribution >= 4 is 5.69 Å². The van der Waals surface area contributed by atoms with Gasteiger partial charge in [0.1, 0.15) is 18.1 Å². The van der Waals surface area contributed by atoms with Gasteiger partial charge in [0.15, 0.2) is 6.61 Å². The van der Waals surface area contributed by atoms with Gasteiger partial charge >= 0.3 is 12.3 Å². The molecule has 8 heteroatoms. The minimum absolute atomic E-state index is 0.0211. The highest BCUT2D eigenvalue weighted by Crippen LogP contribution is 2.28. The van der Waals surface area contributed by atoms with Gasteiger partial charge in [0, 0.05) is 12.1 Å². The van der Waals surface area contributed by atoms with Crippen molar-refractivity contribution in [1.82, 2.24) is 9.96 Å². The Morgan fingerprint density at radius 1 is 1.30 bits per heavy atom. The smallest absolute Gasteiger partial charge is 0.340 e. The number of nitrogens with one attached hydrogen (secondary N) is 1. The van der Waals surface area contributed by atoms with E-state index >= 15 is 0 Å². The lowest BCUT2D eigenvalue weighted by Gasteiger charge is -2.36. The summed E-state index contributed by atoms with van der Waals surface area (Å²) < 4.78 is 53.4. The van der Waals surface area contributed by atoms with E-state index in [1.54, 1.807) is 0 Å². The van der Waals surface area contributed by atoms with Crippen LogP contribution >= 0.6 is 0 Å². The van der Waals surface area contributed by atoms with Gasteiger partial charge in [0.05, 0.1) is 13.1 Å². The molecule has 0 spiro atoms. The van der Waals surface area contributed by atoms with Crippen LogP contribution in [0.25, 0.3) is 0 Å². The Labute approximate surface area is 113 Å². The first kappa shape index (κ1) is 15.0. The molecule has 0 radical (unpaired) electrons. The molecule has 1 unspecified atom stereocenters. The number of rotatable bonds is 5. The van der Waals surface area contributed by atoms with Crippen molar-refractivity contribution in [3.05, 3.63) is 29.5 Å². The number of nitrogens with zero attached hydrogens (tertiary/aromatic N) is 1. The average molecular weight is 294 g/mol. The summed E-state index contributed by atoms with van der Waals surface area (Å²) in [7, 11) is 0. The Bertz CT molecular complexity index is 447. The van der Waals surface area contributed by atoms with E-state index in [0.717, 1.165) is 0 Å². The molecule has 0 bridgehead atoms. The van der Waals surface area contributed by atoms with Crippen LogP contribution in [0.4, 0.5) is 23.2 Å². The van der Waals surface area contributed by atoms with Crippen LogP contribution in [0.2, 0.25) is 0 Å². The summed E-state index contributed by atoms with van der Waals surface area (Å²) in [6.07, 6.45) is -3.77. The maximum atomic E-state index is 12.7. The Morgan fingerprint density at radius 3 is 2.45 bits per heavy atom. The van der Waals surface area contributed by atoms with Crippen LogP contribution in [0.5, 0.6) is 5.75 Å². The van der Waals surface area contributed by atoms with Gasteiger partial charge in [-0.1, -0.05) is 0 Å². The van der Waals surface area contributed by atoms with Gasteiger partial charge < -0.3 is 14.6 Å². The molecule has 1 aromatic carbocycles. The van der Waals surface area contributed by atoms with Crippen molar-refractivity contribution in [1.29, 1.82) is 0 Å². The molecule has 1 N–H and O–H groups in total. The number of hydroxylamine groups is 2. The fourth-order valence-corrected chi connectivity index (χ4v) is 1.88. The largest absolute Gasteiger partial charge is 0.626 e. The zero-order valence-corrected chi connectivity index (χ0v) is 10.5. The van der Waals surface area contributed by atoms with Gasteiger partial charge in [-0.3, -0.25) is 5.32 Å². The summed E-state index contributed by atoms with van der Waals surface area (Å²) in [5.74, 6) is -4.17. The van der Waals surface area contributed by atoms with E-state index in [4.69, 9.17) is 0 Å². The Balaban J connectivity index is 1.99. The summed E-state index contributed by atoms with van der Waals surface area (Å²) >= 11 is 0. The first-order valence-corrected chi connectivity index (χ1v) is 6.02. The van der Waals surface area contributed by atoms with Crippen molar-refractivity contribution in [2.75, 3.05) is 26.4 Å². The molecular weight excluding hydrogens is 280 g/mol. The molecule has 1 atom stereocenters. The number of ether oxygens (including phenoxy) is 1. The van der Waals surface area contributed by atoms with Crippen LogP contribution in [0.15, 0.2) is 24.3 Å². The van der Waals surface area contributed by atoms with E-state index in [1.165, 1.54) is 24.3 Å². The third-order valence-corrected chi connectivity index (χ3v) is 3.07. The van der Waals surface area contributed by atoms with Gasteiger partial charge in [0.25, 0.3) is 0 Å². The fourth-order valence-electron chi connectivity index (χ4n) is 1.88. The summed E-state index contributed by atoms with van der Waals surface area (Å²) in [5.41, 5.74) is 0.461. The predicted molar refractivity (Wildman–Crippen MR) is 65.8 cm³/mol. The minimum atomic E-state index is -4.19. The van der Waals surface area contributed by atoms with E-state index in [1.807, 2.05) is 0 Å².